The van der Waals surface area contributed by atoms with Crippen LogP contribution >= 0.6 is 10.6 Å². The second kappa shape index (κ2) is 3.92. The van der Waals surface area contributed by atoms with Gasteiger partial charge in [-0.2, -0.15) is 10.6 Å². The number of methoxy groups -OCH3 is 1. The Hall–Kier alpha value is -0.520. The third-order valence-corrected chi connectivity index (χ3v) is 4.45. The van der Waals surface area contributed by atoms with Gasteiger partial charge in [0.15, 0.2) is 0 Å². The molecule has 82 valence electrons. The van der Waals surface area contributed by atoms with Crippen molar-refractivity contribution in [2.75, 3.05) is 18.6 Å². The topological polar surface area (TPSA) is 66.8 Å². The molecule has 0 unspecified atom stereocenters. The molecule has 1 aliphatic rings. The highest BCUT2D eigenvalue weighted by Crippen LogP contribution is 2.50. The molecular formula is C9H16O4S. The summed E-state index contributed by atoms with van der Waals surface area (Å²) in [6, 6.07) is 0. The Balaban J connectivity index is 2.76. The summed E-state index contributed by atoms with van der Waals surface area (Å²) in [5.74, 6) is 0.185. The van der Waals surface area contributed by atoms with Crippen LogP contribution in [-0.4, -0.2) is 33.7 Å². The Morgan fingerprint density at radius 3 is 2.36 bits per heavy atom. The number of hydrogen-bond acceptors (Lipinski definition) is 4. The third-order valence-electron chi connectivity index (χ3n) is 2.73. The lowest BCUT2D eigenvalue weighted by Crippen LogP contribution is -2.37. The molecule has 0 aromatic heterocycles. The maximum absolute atomic E-state index is 11.5. The molecule has 0 aliphatic carbocycles. The average Bonchev–Trinajstić information content (AvgIpc) is 2.18. The zero-order valence-corrected chi connectivity index (χ0v) is 9.05. The highest BCUT2D eigenvalue weighted by Gasteiger charge is 2.41. The minimum atomic E-state index is -2.46. The van der Waals surface area contributed by atoms with Crippen LogP contribution in [-0.2, 0) is 9.53 Å². The predicted octanol–water partition coefficient (Wildman–Crippen LogP) is 1.88. The SMILES string of the molecule is C=CC1(C(=O)OC)CCS(O)(O)CC1. The Bertz CT molecular complexity index is 239. The van der Waals surface area contributed by atoms with Crippen molar-refractivity contribution in [1.29, 1.82) is 0 Å². The van der Waals surface area contributed by atoms with Crippen molar-refractivity contribution in [3.63, 3.8) is 0 Å². The van der Waals surface area contributed by atoms with Crippen LogP contribution in [0.1, 0.15) is 12.8 Å². The predicted molar refractivity (Wildman–Crippen MR) is 56.5 cm³/mol. The first kappa shape index (κ1) is 11.6. The molecule has 0 saturated carbocycles. The van der Waals surface area contributed by atoms with Crippen LogP contribution in [0.2, 0.25) is 0 Å². The summed E-state index contributed by atoms with van der Waals surface area (Å²) >= 11 is 0. The van der Waals surface area contributed by atoms with Crippen LogP contribution in [0.15, 0.2) is 12.7 Å². The number of carbonyl (C=O) groups excluding carboxylic acids is 1. The maximum Gasteiger partial charge on any atom is 0.315 e. The molecule has 1 fully saturated rings. The quantitative estimate of drug-likeness (QED) is 0.550. The Morgan fingerprint density at radius 2 is 2.00 bits per heavy atom. The second-order valence-electron chi connectivity index (χ2n) is 3.56. The van der Waals surface area contributed by atoms with E-state index in [2.05, 4.69) is 11.3 Å². The van der Waals surface area contributed by atoms with E-state index in [1.165, 1.54) is 7.11 Å². The van der Waals surface area contributed by atoms with Gasteiger partial charge < -0.3 is 4.74 Å². The van der Waals surface area contributed by atoms with Gasteiger partial charge in [-0.1, -0.05) is 6.08 Å². The summed E-state index contributed by atoms with van der Waals surface area (Å²) in [5.41, 5.74) is -0.712. The molecule has 1 rings (SSSR count). The molecule has 2 N–H and O–H groups in total. The van der Waals surface area contributed by atoms with E-state index >= 15 is 0 Å². The van der Waals surface area contributed by atoms with Gasteiger partial charge in [-0.3, -0.25) is 13.9 Å². The largest absolute Gasteiger partial charge is 0.468 e. The molecule has 0 aromatic rings. The van der Waals surface area contributed by atoms with Crippen molar-refractivity contribution < 1.29 is 18.6 Å². The number of ether oxygens (including phenoxy) is 1. The fraction of sp³-hybridized carbons (Fsp3) is 0.667. The smallest absolute Gasteiger partial charge is 0.315 e. The standard InChI is InChI=1S/C9H16O4S/c1-3-9(8(10)13-2)4-6-14(11,12)7-5-9/h3,11-12H,1,4-7H2,2H3. The van der Waals surface area contributed by atoms with Crippen LogP contribution in [0.3, 0.4) is 0 Å². The van der Waals surface area contributed by atoms with Gasteiger partial charge in [-0.15, -0.1) is 6.58 Å². The summed E-state index contributed by atoms with van der Waals surface area (Å²) in [6.45, 7) is 3.62. The number of carbonyl (C=O) groups is 1. The van der Waals surface area contributed by atoms with Gasteiger partial charge in [0.1, 0.15) is 0 Å². The minimum Gasteiger partial charge on any atom is -0.468 e. The lowest BCUT2D eigenvalue weighted by molar-refractivity contribution is -0.150. The molecule has 0 radical (unpaired) electrons. The molecule has 0 spiro atoms. The Kier molecular flexibility index (Phi) is 3.24. The molecule has 1 heterocycles. The van der Waals surface area contributed by atoms with E-state index in [-0.39, 0.29) is 17.5 Å². The van der Waals surface area contributed by atoms with Crippen molar-refractivity contribution in [2.45, 2.75) is 12.8 Å². The van der Waals surface area contributed by atoms with Crippen molar-refractivity contribution in [2.24, 2.45) is 5.41 Å². The van der Waals surface area contributed by atoms with Crippen LogP contribution in [0.5, 0.6) is 0 Å². The van der Waals surface area contributed by atoms with E-state index in [9.17, 15) is 13.9 Å². The zero-order valence-electron chi connectivity index (χ0n) is 8.23. The molecule has 0 aromatic carbocycles. The first-order valence-electron chi connectivity index (χ1n) is 4.41. The van der Waals surface area contributed by atoms with E-state index in [4.69, 9.17) is 0 Å². The van der Waals surface area contributed by atoms with E-state index in [0.29, 0.717) is 12.8 Å². The molecule has 4 nitrogen and oxygen atoms in total. The lowest BCUT2D eigenvalue weighted by atomic mass is 9.82. The van der Waals surface area contributed by atoms with Crippen molar-refractivity contribution >= 4 is 16.6 Å². The summed E-state index contributed by atoms with van der Waals surface area (Å²) < 4.78 is 23.5. The first-order valence-corrected chi connectivity index (χ1v) is 6.30. The number of hydrogen-bond donors (Lipinski definition) is 2. The van der Waals surface area contributed by atoms with Gasteiger partial charge in [0.25, 0.3) is 0 Å². The number of esters is 1. The average molecular weight is 220 g/mol. The molecule has 1 saturated heterocycles. The fourth-order valence-electron chi connectivity index (χ4n) is 1.61. The van der Waals surface area contributed by atoms with Crippen molar-refractivity contribution in [3.05, 3.63) is 12.7 Å². The monoisotopic (exact) mass is 220 g/mol. The highest BCUT2D eigenvalue weighted by molar-refractivity contribution is 8.24. The summed E-state index contributed by atoms with van der Waals surface area (Å²) in [4.78, 5) is 11.5. The van der Waals surface area contributed by atoms with Crippen LogP contribution < -0.4 is 0 Å². The van der Waals surface area contributed by atoms with E-state index in [1.807, 2.05) is 0 Å². The molecule has 1 aliphatic heterocycles. The second-order valence-corrected chi connectivity index (χ2v) is 5.98. The Morgan fingerprint density at radius 1 is 1.50 bits per heavy atom. The van der Waals surface area contributed by atoms with Crippen molar-refractivity contribution in [3.8, 4) is 0 Å². The minimum absolute atomic E-state index is 0.258. The van der Waals surface area contributed by atoms with Gasteiger partial charge in [-0.05, 0) is 12.8 Å². The van der Waals surface area contributed by atoms with Gasteiger partial charge in [0.2, 0.25) is 0 Å². The summed E-state index contributed by atoms with van der Waals surface area (Å²) in [5, 5.41) is 0. The van der Waals surface area contributed by atoms with E-state index in [1.54, 1.807) is 6.08 Å². The molecule has 0 atom stereocenters. The molecule has 5 heteroatoms. The molecule has 0 bridgehead atoms. The van der Waals surface area contributed by atoms with Crippen LogP contribution in [0.25, 0.3) is 0 Å². The molecular weight excluding hydrogens is 204 g/mol. The normalized spacial score (nSPS) is 26.2. The first-order chi connectivity index (χ1) is 6.46. The summed E-state index contributed by atoms with van der Waals surface area (Å²) in [6.07, 6.45) is 2.38. The maximum atomic E-state index is 11.5. The van der Waals surface area contributed by atoms with Gasteiger partial charge in [-0.25, -0.2) is 0 Å². The molecule has 14 heavy (non-hydrogen) atoms. The third kappa shape index (κ3) is 2.10. The van der Waals surface area contributed by atoms with Crippen molar-refractivity contribution in [1.82, 2.24) is 0 Å². The molecule has 0 amide bonds. The van der Waals surface area contributed by atoms with Gasteiger partial charge in [0.05, 0.1) is 12.5 Å². The zero-order chi connectivity index (χ0) is 10.8. The van der Waals surface area contributed by atoms with Crippen LogP contribution in [0, 0.1) is 5.41 Å². The lowest BCUT2D eigenvalue weighted by Gasteiger charge is -2.43. The summed E-state index contributed by atoms with van der Waals surface area (Å²) in [7, 11) is -1.13. The van der Waals surface area contributed by atoms with Gasteiger partial charge in [0, 0.05) is 11.5 Å². The van der Waals surface area contributed by atoms with Crippen LogP contribution in [0.4, 0.5) is 0 Å². The highest BCUT2D eigenvalue weighted by atomic mass is 32.3. The Labute approximate surface area is 85.3 Å². The number of rotatable bonds is 2. The fourth-order valence-corrected chi connectivity index (χ4v) is 3.20. The van der Waals surface area contributed by atoms with Gasteiger partial charge >= 0.3 is 5.97 Å². The van der Waals surface area contributed by atoms with E-state index in [0.717, 1.165) is 0 Å². The van der Waals surface area contributed by atoms with E-state index < -0.39 is 16.0 Å².